The number of aliphatic hydroxyl groups is 1. The van der Waals surface area contributed by atoms with E-state index in [2.05, 4.69) is 30.1 Å². The first-order valence-electron chi connectivity index (χ1n) is 9.04. The Hall–Kier alpha value is -1.83. The van der Waals surface area contributed by atoms with E-state index in [1.165, 1.54) is 31.4 Å². The number of nitrogens with zero attached hydrogens (tertiary/aromatic N) is 1. The van der Waals surface area contributed by atoms with Gasteiger partial charge in [-0.05, 0) is 44.4 Å². The lowest BCUT2D eigenvalue weighted by Gasteiger charge is -2.52. The number of carboxylic acid groups (broad SMARTS) is 2. The first-order chi connectivity index (χ1) is 12.6. The fraction of sp³-hybridized carbons (Fsp3) is 0.579. The molecule has 2 fully saturated rings. The molecule has 1 aliphatic carbocycles. The number of halogens is 1. The molecular weight excluding hydrogens is 372 g/mol. The fourth-order valence-corrected chi connectivity index (χ4v) is 4.10. The van der Waals surface area contributed by atoms with E-state index in [0.29, 0.717) is 17.1 Å². The molecule has 1 heterocycles. The highest BCUT2D eigenvalue weighted by atomic mass is 35.5. The third-order valence-electron chi connectivity index (χ3n) is 4.99. The van der Waals surface area contributed by atoms with Crippen LogP contribution in [-0.2, 0) is 16.2 Å². The molecule has 8 heteroatoms. The van der Waals surface area contributed by atoms with Gasteiger partial charge in [-0.15, -0.1) is 0 Å². The van der Waals surface area contributed by atoms with E-state index in [0.717, 1.165) is 12.1 Å². The number of carbonyl (C=O) groups is 2. The Kier molecular flexibility index (Phi) is 7.08. The first-order valence-corrected chi connectivity index (χ1v) is 9.42. The number of anilines is 1. The molecule has 0 radical (unpaired) electrons. The van der Waals surface area contributed by atoms with Crippen LogP contribution < -0.4 is 10.2 Å². The Morgan fingerprint density at radius 3 is 2.41 bits per heavy atom. The van der Waals surface area contributed by atoms with Gasteiger partial charge in [-0.2, -0.15) is 0 Å². The summed E-state index contributed by atoms with van der Waals surface area (Å²) in [6.07, 6.45) is 5.13. The zero-order valence-electron chi connectivity index (χ0n) is 15.6. The average Bonchev–Trinajstić information content (AvgIpc) is 2.60. The highest BCUT2D eigenvalue weighted by Gasteiger charge is 2.40. The molecule has 1 aromatic rings. The molecule has 0 amide bonds. The Morgan fingerprint density at radius 1 is 1.22 bits per heavy atom. The molecule has 0 aromatic heterocycles. The minimum Gasteiger partial charge on any atom is -0.473 e. The average molecular weight is 399 g/mol. The molecule has 2 aliphatic rings. The highest BCUT2D eigenvalue weighted by molar-refractivity contribution is 6.31. The lowest BCUT2D eigenvalue weighted by atomic mass is 9.83. The number of benzene rings is 1. The largest absolute Gasteiger partial charge is 0.473 e. The van der Waals surface area contributed by atoms with Crippen molar-refractivity contribution in [3.63, 3.8) is 0 Å². The maximum atomic E-state index is 9.28. The summed E-state index contributed by atoms with van der Waals surface area (Å²) in [6.45, 7) is 5.53. The van der Waals surface area contributed by atoms with E-state index in [-0.39, 0.29) is 12.1 Å². The van der Waals surface area contributed by atoms with Crippen LogP contribution in [0.1, 0.15) is 45.1 Å². The Bertz CT molecular complexity index is 683. The van der Waals surface area contributed by atoms with Gasteiger partial charge in [0.2, 0.25) is 0 Å². The van der Waals surface area contributed by atoms with Crippen molar-refractivity contribution in [1.29, 1.82) is 0 Å². The zero-order chi connectivity index (χ0) is 20.2. The molecule has 1 aliphatic heterocycles. The molecule has 1 saturated heterocycles. The maximum Gasteiger partial charge on any atom is 0.414 e. The number of aliphatic carboxylic acids is 2. The Balaban J connectivity index is 0.000000380. The van der Waals surface area contributed by atoms with Crippen molar-refractivity contribution in [3.8, 4) is 0 Å². The number of hydrogen-bond donors (Lipinski definition) is 4. The van der Waals surface area contributed by atoms with Gasteiger partial charge in [0.15, 0.2) is 0 Å². The van der Waals surface area contributed by atoms with Crippen molar-refractivity contribution >= 4 is 29.2 Å². The molecule has 3 rings (SSSR count). The Labute approximate surface area is 163 Å². The van der Waals surface area contributed by atoms with Crippen molar-refractivity contribution in [2.75, 3.05) is 11.4 Å². The standard InChI is InChI=1S/C17H25ClN2O.C2H2O4/c1-17(2)11-20(16-6-4-3-5-15(16)19-17)13-8-7-12(10-21)14(18)9-13;3-1(4)2(5)6/h7-9,15-16,19,21H,3-6,10-11H2,1-2H3;(H,3,4)(H,5,6)/t15-,16-;/m1./s1. The fourth-order valence-electron chi connectivity index (χ4n) is 3.87. The van der Waals surface area contributed by atoms with Gasteiger partial charge in [-0.1, -0.05) is 30.5 Å². The monoisotopic (exact) mass is 398 g/mol. The van der Waals surface area contributed by atoms with Crippen molar-refractivity contribution in [3.05, 3.63) is 28.8 Å². The number of fused-ring (bicyclic) bond motifs is 1. The van der Waals surface area contributed by atoms with Crippen molar-refractivity contribution < 1.29 is 24.9 Å². The van der Waals surface area contributed by atoms with Gasteiger partial charge in [0.25, 0.3) is 0 Å². The smallest absolute Gasteiger partial charge is 0.414 e. The second kappa shape index (κ2) is 8.91. The second-order valence-corrected chi connectivity index (χ2v) is 8.07. The van der Waals surface area contributed by atoms with Crippen LogP contribution in [0, 0.1) is 0 Å². The van der Waals surface area contributed by atoms with Crippen LogP contribution in [0.5, 0.6) is 0 Å². The molecular formula is C19H27ClN2O5. The molecule has 1 aromatic carbocycles. The van der Waals surface area contributed by atoms with Gasteiger partial charge in [0.05, 0.1) is 6.61 Å². The van der Waals surface area contributed by atoms with Crippen molar-refractivity contribution in [1.82, 2.24) is 5.32 Å². The maximum absolute atomic E-state index is 9.28. The van der Waals surface area contributed by atoms with Crippen LogP contribution in [0.4, 0.5) is 5.69 Å². The van der Waals surface area contributed by atoms with Crippen LogP contribution in [0.3, 0.4) is 0 Å². The van der Waals surface area contributed by atoms with E-state index in [9.17, 15) is 5.11 Å². The topological polar surface area (TPSA) is 110 Å². The summed E-state index contributed by atoms with van der Waals surface area (Å²) in [4.78, 5) is 20.7. The molecule has 27 heavy (non-hydrogen) atoms. The van der Waals surface area contributed by atoms with Crippen molar-refractivity contribution in [2.24, 2.45) is 0 Å². The summed E-state index contributed by atoms with van der Waals surface area (Å²) in [5.74, 6) is -3.65. The summed E-state index contributed by atoms with van der Waals surface area (Å²) < 4.78 is 0. The van der Waals surface area contributed by atoms with Gasteiger partial charge >= 0.3 is 11.9 Å². The third-order valence-corrected chi connectivity index (χ3v) is 5.35. The highest BCUT2D eigenvalue weighted by Crippen LogP contribution is 2.35. The van der Waals surface area contributed by atoms with Crippen LogP contribution in [0.25, 0.3) is 0 Å². The number of aliphatic hydroxyl groups excluding tert-OH is 1. The lowest BCUT2D eigenvalue weighted by Crippen LogP contribution is -2.67. The number of hydrogen-bond acceptors (Lipinski definition) is 5. The van der Waals surface area contributed by atoms with E-state index in [4.69, 9.17) is 31.4 Å². The molecule has 0 bridgehead atoms. The summed E-state index contributed by atoms with van der Waals surface area (Å²) >= 11 is 6.29. The Morgan fingerprint density at radius 2 is 1.85 bits per heavy atom. The molecule has 7 nitrogen and oxygen atoms in total. The predicted octanol–water partition coefficient (Wildman–Crippen LogP) is 2.49. The number of rotatable bonds is 2. The van der Waals surface area contributed by atoms with Gasteiger partial charge in [0.1, 0.15) is 0 Å². The zero-order valence-corrected chi connectivity index (χ0v) is 16.4. The normalized spacial score (nSPS) is 23.6. The quantitative estimate of drug-likeness (QED) is 0.566. The molecule has 0 spiro atoms. The van der Waals surface area contributed by atoms with E-state index >= 15 is 0 Å². The predicted molar refractivity (Wildman–Crippen MR) is 103 cm³/mol. The summed E-state index contributed by atoms with van der Waals surface area (Å²) in [5.41, 5.74) is 2.10. The molecule has 0 unspecified atom stereocenters. The summed E-state index contributed by atoms with van der Waals surface area (Å²) in [7, 11) is 0. The number of nitrogens with one attached hydrogen (secondary N) is 1. The van der Waals surface area contributed by atoms with Gasteiger partial charge in [-0.3, -0.25) is 0 Å². The van der Waals surface area contributed by atoms with Gasteiger partial charge in [0, 0.05) is 34.9 Å². The van der Waals surface area contributed by atoms with Crippen LogP contribution >= 0.6 is 11.6 Å². The SMILES string of the molecule is CC1(C)CN(c2ccc(CO)c(Cl)c2)[C@@H]2CCCC[C@H]2N1.O=C(O)C(=O)O. The van der Waals surface area contributed by atoms with Crippen LogP contribution in [-0.4, -0.2) is 51.4 Å². The summed E-state index contributed by atoms with van der Waals surface area (Å²) in [6, 6.07) is 7.19. The number of carboxylic acids is 2. The second-order valence-electron chi connectivity index (χ2n) is 7.66. The lowest BCUT2D eigenvalue weighted by molar-refractivity contribution is -0.159. The van der Waals surface area contributed by atoms with Crippen LogP contribution in [0.15, 0.2) is 18.2 Å². The first kappa shape index (κ1) is 21.5. The van der Waals surface area contributed by atoms with Crippen molar-refractivity contribution in [2.45, 2.75) is 63.8 Å². The molecule has 1 saturated carbocycles. The van der Waals surface area contributed by atoms with E-state index in [1.807, 2.05) is 12.1 Å². The minimum atomic E-state index is -1.82. The van der Waals surface area contributed by atoms with Gasteiger partial charge in [-0.25, -0.2) is 9.59 Å². The molecule has 150 valence electrons. The van der Waals surface area contributed by atoms with Gasteiger partial charge < -0.3 is 25.5 Å². The molecule has 4 N–H and O–H groups in total. The number of piperazine rings is 1. The van der Waals surface area contributed by atoms with E-state index in [1.54, 1.807) is 0 Å². The van der Waals surface area contributed by atoms with Crippen LogP contribution in [0.2, 0.25) is 5.02 Å². The minimum absolute atomic E-state index is 0.00177. The third kappa shape index (κ3) is 5.57. The van der Waals surface area contributed by atoms with E-state index < -0.39 is 11.9 Å². The summed E-state index contributed by atoms with van der Waals surface area (Å²) in [5, 5.41) is 28.5. The molecule has 2 atom stereocenters.